The van der Waals surface area contributed by atoms with E-state index in [2.05, 4.69) is 50.7 Å². The molecule has 1 aliphatic heterocycles. The molecule has 1 N–H and O–H groups in total. The fraction of sp³-hybridized carbons (Fsp3) is 0.500. The lowest BCUT2D eigenvalue weighted by molar-refractivity contribution is 0.549. The van der Waals surface area contributed by atoms with E-state index in [0.717, 1.165) is 44.4 Å². The molecule has 0 saturated heterocycles. The number of nitrogens with one attached hydrogen (secondary N) is 1. The number of pyridine rings is 1. The summed E-state index contributed by atoms with van der Waals surface area (Å²) >= 11 is 0. The number of nitrogens with zero attached hydrogens (tertiary/aromatic N) is 4. The molecule has 0 aliphatic carbocycles. The minimum atomic E-state index is 0.673. The van der Waals surface area contributed by atoms with Crippen molar-refractivity contribution in [2.45, 2.75) is 33.5 Å². The first-order valence-electron chi connectivity index (χ1n) is 7.63. The Kier molecular flexibility index (Phi) is 4.20. The zero-order chi connectivity index (χ0) is 14.7. The Balaban J connectivity index is 1.66. The van der Waals surface area contributed by atoms with Crippen LogP contribution in [0.2, 0.25) is 0 Å². The number of imidazole rings is 1. The highest BCUT2D eigenvalue weighted by Gasteiger charge is 2.17. The van der Waals surface area contributed by atoms with Crippen LogP contribution in [-0.4, -0.2) is 27.6 Å². The van der Waals surface area contributed by atoms with Crippen molar-refractivity contribution in [3.8, 4) is 0 Å². The van der Waals surface area contributed by atoms with E-state index in [9.17, 15) is 0 Å². The Morgan fingerprint density at radius 3 is 3.00 bits per heavy atom. The molecule has 0 saturated carbocycles. The van der Waals surface area contributed by atoms with Gasteiger partial charge in [0.05, 0.1) is 6.54 Å². The molecule has 3 heterocycles. The quantitative estimate of drug-likeness (QED) is 0.913. The van der Waals surface area contributed by atoms with E-state index < -0.39 is 0 Å². The van der Waals surface area contributed by atoms with Crippen molar-refractivity contribution < 1.29 is 0 Å². The average Bonchev–Trinajstić information content (AvgIpc) is 2.94. The average molecular weight is 285 g/mol. The van der Waals surface area contributed by atoms with Gasteiger partial charge in [0.15, 0.2) is 0 Å². The van der Waals surface area contributed by atoms with Crippen LogP contribution >= 0.6 is 0 Å². The van der Waals surface area contributed by atoms with E-state index in [1.54, 1.807) is 0 Å². The van der Waals surface area contributed by atoms with Crippen molar-refractivity contribution in [3.05, 3.63) is 42.1 Å². The van der Waals surface area contributed by atoms with Crippen LogP contribution in [-0.2, 0) is 19.6 Å². The third kappa shape index (κ3) is 3.42. The lowest BCUT2D eigenvalue weighted by Crippen LogP contribution is -2.34. The molecule has 0 aromatic carbocycles. The van der Waals surface area contributed by atoms with Gasteiger partial charge in [-0.1, -0.05) is 13.8 Å². The zero-order valence-electron chi connectivity index (χ0n) is 12.8. The molecule has 0 atom stereocenters. The summed E-state index contributed by atoms with van der Waals surface area (Å²) in [6.07, 6.45) is 5.83. The molecule has 2 aromatic heterocycles. The van der Waals surface area contributed by atoms with Gasteiger partial charge >= 0.3 is 0 Å². The summed E-state index contributed by atoms with van der Waals surface area (Å²) in [5, 5.41) is 3.48. The molecule has 0 amide bonds. The summed E-state index contributed by atoms with van der Waals surface area (Å²) in [6.45, 7) is 9.19. The number of aromatic nitrogens is 3. The Hall–Kier alpha value is -1.88. The van der Waals surface area contributed by atoms with Gasteiger partial charge in [-0.3, -0.25) is 0 Å². The summed E-state index contributed by atoms with van der Waals surface area (Å²) in [7, 11) is 0. The number of hydrogen-bond acceptors (Lipinski definition) is 4. The number of fused-ring (bicyclic) bond motifs is 1. The number of hydrogen-bond donors (Lipinski definition) is 1. The van der Waals surface area contributed by atoms with Gasteiger partial charge in [-0.15, -0.1) is 0 Å². The van der Waals surface area contributed by atoms with E-state index in [1.165, 1.54) is 5.56 Å². The normalized spacial score (nSPS) is 14.5. The second kappa shape index (κ2) is 6.26. The van der Waals surface area contributed by atoms with E-state index in [0.29, 0.717) is 5.92 Å². The van der Waals surface area contributed by atoms with Crippen LogP contribution in [0.1, 0.15) is 25.2 Å². The Labute approximate surface area is 126 Å². The van der Waals surface area contributed by atoms with E-state index >= 15 is 0 Å². The molecule has 21 heavy (non-hydrogen) atoms. The summed E-state index contributed by atoms with van der Waals surface area (Å²) in [5.41, 5.74) is 1.29. The molecular formula is C16H23N5. The first-order valence-corrected chi connectivity index (χ1v) is 7.63. The predicted molar refractivity (Wildman–Crippen MR) is 84.1 cm³/mol. The molecule has 5 nitrogen and oxygen atoms in total. The van der Waals surface area contributed by atoms with E-state index in [4.69, 9.17) is 0 Å². The maximum atomic E-state index is 4.52. The van der Waals surface area contributed by atoms with Crippen LogP contribution in [0, 0.1) is 5.92 Å². The summed E-state index contributed by atoms with van der Waals surface area (Å²) < 4.78 is 2.21. The summed E-state index contributed by atoms with van der Waals surface area (Å²) in [5.74, 6) is 2.84. The highest BCUT2D eigenvalue weighted by molar-refractivity contribution is 5.41. The molecular weight excluding hydrogens is 262 g/mol. The second-order valence-corrected chi connectivity index (χ2v) is 6.01. The lowest BCUT2D eigenvalue weighted by Gasteiger charge is -2.28. The van der Waals surface area contributed by atoms with Crippen LogP contribution < -0.4 is 10.2 Å². The Bertz CT molecular complexity index is 590. The highest BCUT2D eigenvalue weighted by atomic mass is 15.3. The number of anilines is 1. The minimum absolute atomic E-state index is 0.673. The summed E-state index contributed by atoms with van der Waals surface area (Å²) in [4.78, 5) is 11.2. The predicted octanol–water partition coefficient (Wildman–Crippen LogP) is 2.04. The van der Waals surface area contributed by atoms with Gasteiger partial charge in [0.1, 0.15) is 11.6 Å². The largest absolute Gasteiger partial charge is 0.347 e. The zero-order valence-corrected chi connectivity index (χ0v) is 12.8. The highest BCUT2D eigenvalue weighted by Crippen LogP contribution is 2.18. The molecule has 0 bridgehead atoms. The standard InChI is InChI=1S/C16H23N5/c1-13(2)10-17-11-14-3-4-18-15(9-14)21-8-7-20-6-5-19-16(20)12-21/h3-6,9,13,17H,7-8,10-12H2,1-2H3. The molecule has 2 aromatic rings. The van der Waals surface area contributed by atoms with Crippen molar-refractivity contribution >= 4 is 5.82 Å². The first-order chi connectivity index (χ1) is 10.2. The maximum absolute atomic E-state index is 4.52. The van der Waals surface area contributed by atoms with Crippen molar-refractivity contribution in [1.82, 2.24) is 19.9 Å². The maximum Gasteiger partial charge on any atom is 0.129 e. The lowest BCUT2D eigenvalue weighted by atomic mass is 10.2. The van der Waals surface area contributed by atoms with Gasteiger partial charge in [-0.05, 0) is 30.2 Å². The Morgan fingerprint density at radius 1 is 1.24 bits per heavy atom. The van der Waals surface area contributed by atoms with Gasteiger partial charge < -0.3 is 14.8 Å². The van der Waals surface area contributed by atoms with Gasteiger partial charge in [-0.25, -0.2) is 9.97 Å². The topological polar surface area (TPSA) is 46.0 Å². The van der Waals surface area contributed by atoms with E-state index in [1.807, 2.05) is 18.6 Å². The van der Waals surface area contributed by atoms with Gasteiger partial charge in [0.25, 0.3) is 0 Å². The first kappa shape index (κ1) is 14.1. The van der Waals surface area contributed by atoms with Crippen LogP contribution in [0.15, 0.2) is 30.7 Å². The van der Waals surface area contributed by atoms with Crippen molar-refractivity contribution in [3.63, 3.8) is 0 Å². The van der Waals surface area contributed by atoms with Crippen molar-refractivity contribution in [1.29, 1.82) is 0 Å². The van der Waals surface area contributed by atoms with Crippen molar-refractivity contribution in [2.24, 2.45) is 5.92 Å². The van der Waals surface area contributed by atoms with Gasteiger partial charge in [0, 0.05) is 38.2 Å². The molecule has 0 fully saturated rings. The van der Waals surface area contributed by atoms with Crippen LogP contribution in [0.3, 0.4) is 0 Å². The molecule has 0 unspecified atom stereocenters. The smallest absolute Gasteiger partial charge is 0.129 e. The van der Waals surface area contributed by atoms with Gasteiger partial charge in [-0.2, -0.15) is 0 Å². The van der Waals surface area contributed by atoms with Crippen LogP contribution in [0.5, 0.6) is 0 Å². The number of rotatable bonds is 5. The van der Waals surface area contributed by atoms with E-state index in [-0.39, 0.29) is 0 Å². The molecule has 0 radical (unpaired) electrons. The second-order valence-electron chi connectivity index (χ2n) is 6.01. The third-order valence-corrected chi connectivity index (χ3v) is 3.76. The molecule has 3 rings (SSSR count). The third-order valence-electron chi connectivity index (χ3n) is 3.76. The minimum Gasteiger partial charge on any atom is -0.347 e. The molecule has 5 heteroatoms. The Morgan fingerprint density at radius 2 is 2.14 bits per heavy atom. The monoisotopic (exact) mass is 285 g/mol. The molecule has 112 valence electrons. The molecule has 1 aliphatic rings. The fourth-order valence-electron chi connectivity index (χ4n) is 2.62. The van der Waals surface area contributed by atoms with Crippen LogP contribution in [0.25, 0.3) is 0 Å². The fourth-order valence-corrected chi connectivity index (χ4v) is 2.62. The SMILES string of the molecule is CC(C)CNCc1ccnc(N2CCn3ccnc3C2)c1. The summed E-state index contributed by atoms with van der Waals surface area (Å²) in [6, 6.07) is 4.27. The van der Waals surface area contributed by atoms with Crippen LogP contribution in [0.4, 0.5) is 5.82 Å². The van der Waals surface area contributed by atoms with Gasteiger partial charge in [0.2, 0.25) is 0 Å². The van der Waals surface area contributed by atoms with Crippen molar-refractivity contribution in [2.75, 3.05) is 18.0 Å². The molecule has 0 spiro atoms.